The van der Waals surface area contributed by atoms with Crippen molar-refractivity contribution < 1.29 is 19.1 Å². The number of nitrogens with one attached hydrogen (secondary N) is 1. The lowest BCUT2D eigenvalue weighted by molar-refractivity contribution is -0.0172. The van der Waals surface area contributed by atoms with E-state index in [9.17, 15) is 9.59 Å². The van der Waals surface area contributed by atoms with Crippen molar-refractivity contribution in [2.75, 3.05) is 33.9 Å². The summed E-state index contributed by atoms with van der Waals surface area (Å²) in [4.78, 5) is 31.2. The third kappa shape index (κ3) is 4.53. The van der Waals surface area contributed by atoms with E-state index in [0.29, 0.717) is 36.7 Å². The molecule has 5 aliphatic rings. The number of rotatable bonds is 5. The van der Waals surface area contributed by atoms with E-state index in [1.807, 2.05) is 40.1 Å². The molecule has 7 heteroatoms. The molecule has 2 aromatic carbocycles. The molecule has 1 aliphatic heterocycles. The van der Waals surface area contributed by atoms with Crippen LogP contribution in [0.3, 0.4) is 0 Å². The zero-order valence-corrected chi connectivity index (χ0v) is 21.8. The van der Waals surface area contributed by atoms with Crippen LogP contribution < -0.4 is 14.8 Å². The fourth-order valence-electron chi connectivity index (χ4n) is 7.88. The van der Waals surface area contributed by atoms with E-state index in [1.54, 1.807) is 32.4 Å². The van der Waals surface area contributed by atoms with Gasteiger partial charge in [0.25, 0.3) is 5.91 Å². The predicted octanol–water partition coefficient (Wildman–Crippen LogP) is 4.88. The van der Waals surface area contributed by atoms with Gasteiger partial charge in [0, 0.05) is 30.7 Å². The Morgan fingerprint density at radius 2 is 1.51 bits per heavy atom. The minimum atomic E-state index is -0.224. The molecule has 1 N–H and O–H groups in total. The van der Waals surface area contributed by atoms with Crippen molar-refractivity contribution in [3.8, 4) is 11.5 Å². The van der Waals surface area contributed by atoms with E-state index in [2.05, 4.69) is 5.32 Å². The van der Waals surface area contributed by atoms with Crippen LogP contribution in [-0.4, -0.2) is 61.1 Å². The Balaban J connectivity index is 1.22. The van der Waals surface area contributed by atoms with Crippen molar-refractivity contribution in [1.29, 1.82) is 0 Å². The summed E-state index contributed by atoms with van der Waals surface area (Å²) in [6, 6.07) is 15.1. The summed E-state index contributed by atoms with van der Waals surface area (Å²) in [7, 11) is 3.15. The maximum atomic E-state index is 13.7. The summed E-state index contributed by atoms with van der Waals surface area (Å²) in [5.41, 5.74) is 1.55. The average molecular weight is 504 g/mol. The Bertz CT molecular complexity index is 1130. The predicted molar refractivity (Wildman–Crippen MR) is 141 cm³/mol. The first-order valence-electron chi connectivity index (χ1n) is 13.6. The lowest BCUT2D eigenvalue weighted by Crippen LogP contribution is -2.63. The fraction of sp³-hybridized carbons (Fsp3) is 0.533. The zero-order chi connectivity index (χ0) is 25.6. The van der Waals surface area contributed by atoms with Crippen molar-refractivity contribution in [2.45, 2.75) is 50.1 Å². The maximum Gasteiger partial charge on any atom is 0.317 e. The number of piperazine rings is 1. The number of nitrogens with zero attached hydrogens (tertiary/aromatic N) is 2. The lowest BCUT2D eigenvalue weighted by atomic mass is 9.53. The largest absolute Gasteiger partial charge is 0.493 e. The van der Waals surface area contributed by atoms with E-state index in [4.69, 9.17) is 9.47 Å². The van der Waals surface area contributed by atoms with Gasteiger partial charge in [0.1, 0.15) is 0 Å². The maximum absolute atomic E-state index is 13.7. The van der Waals surface area contributed by atoms with Gasteiger partial charge in [-0.1, -0.05) is 30.3 Å². The molecule has 7 rings (SSSR count). The van der Waals surface area contributed by atoms with Crippen molar-refractivity contribution in [3.63, 3.8) is 0 Å². The molecular weight excluding hydrogens is 466 g/mol. The number of urea groups is 1. The van der Waals surface area contributed by atoms with Crippen LogP contribution in [0.5, 0.6) is 11.5 Å². The standard InChI is InChI=1S/C30H37N3O4/c1-36-26-9-8-24(15-27(26)37-2)28(34)33-11-10-32(19-25(33)23-6-4-3-5-7-23)29(35)31-30-16-20-12-21(17-30)14-22(13-20)18-30/h3-9,15,20-22,25H,10-14,16-19H2,1-2H3,(H,31,35). The summed E-state index contributed by atoms with van der Waals surface area (Å²) < 4.78 is 10.8. The Labute approximate surface area is 219 Å². The first kappa shape index (κ1) is 24.1. The molecule has 4 bridgehead atoms. The average Bonchev–Trinajstić information content (AvgIpc) is 2.91. The highest BCUT2D eigenvalue weighted by Crippen LogP contribution is 2.55. The second kappa shape index (κ2) is 9.58. The molecule has 0 spiro atoms. The molecule has 37 heavy (non-hydrogen) atoms. The molecule has 3 amide bonds. The van der Waals surface area contributed by atoms with E-state index < -0.39 is 0 Å². The second-order valence-corrected chi connectivity index (χ2v) is 11.6. The Hall–Kier alpha value is -3.22. The van der Waals surface area contributed by atoms with E-state index in [0.717, 1.165) is 42.6 Å². The number of hydrogen-bond donors (Lipinski definition) is 1. The van der Waals surface area contributed by atoms with Gasteiger partial charge in [0.05, 0.1) is 20.3 Å². The van der Waals surface area contributed by atoms with Crippen molar-refractivity contribution in [3.05, 3.63) is 59.7 Å². The molecule has 2 aromatic rings. The lowest BCUT2D eigenvalue weighted by Gasteiger charge is -2.57. The molecule has 4 saturated carbocycles. The molecule has 1 saturated heterocycles. The highest BCUT2D eigenvalue weighted by molar-refractivity contribution is 5.95. The first-order chi connectivity index (χ1) is 18.0. The quantitative estimate of drug-likeness (QED) is 0.631. The number of amides is 3. The second-order valence-electron chi connectivity index (χ2n) is 11.6. The van der Waals surface area contributed by atoms with Crippen LogP contribution in [0.1, 0.15) is 60.5 Å². The van der Waals surface area contributed by atoms with Crippen LogP contribution >= 0.6 is 0 Å². The molecule has 1 atom stereocenters. The third-order valence-electron chi connectivity index (χ3n) is 9.15. The first-order valence-corrected chi connectivity index (χ1v) is 13.6. The summed E-state index contributed by atoms with van der Waals surface area (Å²) in [6.45, 7) is 1.46. The molecule has 196 valence electrons. The Morgan fingerprint density at radius 1 is 0.865 bits per heavy atom. The summed E-state index contributed by atoms with van der Waals surface area (Å²) >= 11 is 0. The molecule has 1 heterocycles. The van der Waals surface area contributed by atoms with Crippen LogP contribution in [0.15, 0.2) is 48.5 Å². The molecule has 5 fully saturated rings. The van der Waals surface area contributed by atoms with Crippen molar-refractivity contribution in [2.24, 2.45) is 17.8 Å². The number of methoxy groups -OCH3 is 2. The van der Waals surface area contributed by atoms with E-state index in [1.165, 1.54) is 19.3 Å². The smallest absolute Gasteiger partial charge is 0.317 e. The fourth-order valence-corrected chi connectivity index (χ4v) is 7.88. The minimum Gasteiger partial charge on any atom is -0.493 e. The normalized spacial score (nSPS) is 30.2. The molecule has 7 nitrogen and oxygen atoms in total. The summed E-state index contributed by atoms with van der Waals surface area (Å²) in [5.74, 6) is 3.37. The van der Waals surface area contributed by atoms with Gasteiger partial charge in [0.15, 0.2) is 11.5 Å². The van der Waals surface area contributed by atoms with Gasteiger partial charge in [-0.2, -0.15) is 0 Å². The molecule has 1 unspecified atom stereocenters. The van der Waals surface area contributed by atoms with Crippen molar-refractivity contribution in [1.82, 2.24) is 15.1 Å². The highest BCUT2D eigenvalue weighted by Gasteiger charge is 2.52. The molecule has 0 radical (unpaired) electrons. The van der Waals surface area contributed by atoms with Gasteiger partial charge in [-0.05, 0) is 80.0 Å². The number of ether oxygens (including phenoxy) is 2. The van der Waals surface area contributed by atoms with Gasteiger partial charge in [-0.15, -0.1) is 0 Å². The van der Waals surface area contributed by atoms with Gasteiger partial charge in [-0.3, -0.25) is 4.79 Å². The highest BCUT2D eigenvalue weighted by atomic mass is 16.5. The monoisotopic (exact) mass is 503 g/mol. The van der Waals surface area contributed by atoms with Gasteiger partial charge in [0.2, 0.25) is 0 Å². The van der Waals surface area contributed by atoms with Crippen LogP contribution in [-0.2, 0) is 0 Å². The van der Waals surface area contributed by atoms with E-state index >= 15 is 0 Å². The number of hydrogen-bond acceptors (Lipinski definition) is 4. The van der Waals surface area contributed by atoms with E-state index in [-0.39, 0.29) is 23.5 Å². The number of carbonyl (C=O) groups excluding carboxylic acids is 2. The third-order valence-corrected chi connectivity index (χ3v) is 9.15. The summed E-state index contributed by atoms with van der Waals surface area (Å²) in [5, 5.41) is 3.52. The molecular formula is C30H37N3O4. The number of benzene rings is 2. The van der Waals surface area contributed by atoms with Crippen LogP contribution in [0.4, 0.5) is 4.79 Å². The van der Waals surface area contributed by atoms with Crippen LogP contribution in [0, 0.1) is 17.8 Å². The van der Waals surface area contributed by atoms with Crippen LogP contribution in [0.25, 0.3) is 0 Å². The van der Waals surface area contributed by atoms with Gasteiger partial charge in [-0.25, -0.2) is 4.79 Å². The Morgan fingerprint density at radius 3 is 2.14 bits per heavy atom. The topological polar surface area (TPSA) is 71.1 Å². The summed E-state index contributed by atoms with van der Waals surface area (Å²) in [6.07, 6.45) is 7.44. The zero-order valence-electron chi connectivity index (χ0n) is 21.8. The van der Waals surface area contributed by atoms with Crippen LogP contribution in [0.2, 0.25) is 0 Å². The molecule has 0 aromatic heterocycles. The number of carbonyl (C=O) groups is 2. The SMILES string of the molecule is COc1ccc(C(=O)N2CCN(C(=O)NC34CC5CC(CC(C5)C3)C4)CC2c2ccccc2)cc1OC. The minimum absolute atomic E-state index is 0.0271. The van der Waals surface area contributed by atoms with Gasteiger partial charge < -0.3 is 24.6 Å². The molecule has 4 aliphatic carbocycles. The van der Waals surface area contributed by atoms with Crippen molar-refractivity contribution >= 4 is 11.9 Å². The van der Waals surface area contributed by atoms with Gasteiger partial charge >= 0.3 is 6.03 Å². The Kier molecular flexibility index (Phi) is 6.25.